The average Bonchev–Trinajstić information content (AvgIpc) is 2.83. The molecule has 76 valence electrons. The number of rotatable bonds is 2. The number of benzene rings is 1. The third kappa shape index (κ3) is 1.77. The van der Waals surface area contributed by atoms with E-state index in [4.69, 9.17) is 5.73 Å². The number of hydrogen-bond donors (Lipinski definition) is 2. The van der Waals surface area contributed by atoms with Crippen LogP contribution < -0.4 is 5.73 Å². The van der Waals surface area contributed by atoms with Crippen molar-refractivity contribution in [2.75, 3.05) is 0 Å². The summed E-state index contributed by atoms with van der Waals surface area (Å²) >= 11 is 3.11. The van der Waals surface area contributed by atoms with E-state index in [2.05, 4.69) is 15.9 Å². The van der Waals surface area contributed by atoms with Gasteiger partial charge in [-0.1, -0.05) is 15.9 Å². The molecule has 0 spiro atoms. The molecular formula is C10H11BrFNO. The summed E-state index contributed by atoms with van der Waals surface area (Å²) in [5.41, 5.74) is 6.08. The van der Waals surface area contributed by atoms with Crippen molar-refractivity contribution in [1.29, 1.82) is 0 Å². The van der Waals surface area contributed by atoms with E-state index in [9.17, 15) is 9.50 Å². The molecule has 0 aromatic heterocycles. The van der Waals surface area contributed by atoms with Crippen molar-refractivity contribution in [2.45, 2.75) is 18.9 Å². The Balaban J connectivity index is 2.40. The highest BCUT2D eigenvalue weighted by Crippen LogP contribution is 2.43. The van der Waals surface area contributed by atoms with Crippen LogP contribution in [-0.4, -0.2) is 5.11 Å². The van der Waals surface area contributed by atoms with Gasteiger partial charge in [0.25, 0.3) is 0 Å². The molecule has 0 radical (unpaired) electrons. The maximum atomic E-state index is 13.5. The summed E-state index contributed by atoms with van der Waals surface area (Å²) < 4.78 is 14.0. The topological polar surface area (TPSA) is 46.2 Å². The normalized spacial score (nSPS) is 18.2. The van der Waals surface area contributed by atoms with Crippen molar-refractivity contribution < 1.29 is 9.50 Å². The number of phenols is 1. The van der Waals surface area contributed by atoms with Crippen LogP contribution in [0.15, 0.2) is 16.6 Å². The van der Waals surface area contributed by atoms with Gasteiger partial charge in [-0.3, -0.25) is 0 Å². The first-order chi connectivity index (χ1) is 6.59. The van der Waals surface area contributed by atoms with Crippen LogP contribution in [0.4, 0.5) is 4.39 Å². The van der Waals surface area contributed by atoms with Crippen molar-refractivity contribution in [3.05, 3.63) is 28.0 Å². The SMILES string of the molecule is N[C@H](c1c(O)cc(Br)cc1F)C1CC1. The molecule has 1 atom stereocenters. The van der Waals surface area contributed by atoms with Gasteiger partial charge < -0.3 is 10.8 Å². The minimum atomic E-state index is -0.434. The lowest BCUT2D eigenvalue weighted by Crippen LogP contribution is -2.14. The highest BCUT2D eigenvalue weighted by Gasteiger charge is 2.32. The van der Waals surface area contributed by atoms with E-state index in [1.54, 1.807) is 0 Å². The maximum absolute atomic E-state index is 13.5. The Morgan fingerprint density at radius 2 is 2.14 bits per heavy atom. The Morgan fingerprint density at radius 3 is 2.64 bits per heavy atom. The van der Waals surface area contributed by atoms with Gasteiger partial charge in [-0.05, 0) is 30.9 Å². The molecule has 0 unspecified atom stereocenters. The van der Waals surface area contributed by atoms with E-state index >= 15 is 0 Å². The Labute approximate surface area is 90.1 Å². The lowest BCUT2D eigenvalue weighted by Gasteiger charge is -2.13. The predicted octanol–water partition coefficient (Wildman–Crippen LogP) is 2.70. The maximum Gasteiger partial charge on any atom is 0.132 e. The fourth-order valence-electron chi connectivity index (χ4n) is 1.59. The van der Waals surface area contributed by atoms with E-state index in [1.807, 2.05) is 0 Å². The van der Waals surface area contributed by atoms with Crippen molar-refractivity contribution in [3.8, 4) is 5.75 Å². The third-order valence-corrected chi connectivity index (χ3v) is 2.99. The van der Waals surface area contributed by atoms with Crippen molar-refractivity contribution in [1.82, 2.24) is 0 Å². The van der Waals surface area contributed by atoms with E-state index in [-0.39, 0.29) is 17.4 Å². The second-order valence-electron chi connectivity index (χ2n) is 3.68. The molecule has 4 heteroatoms. The first kappa shape index (κ1) is 9.93. The molecule has 1 fully saturated rings. The lowest BCUT2D eigenvalue weighted by molar-refractivity contribution is 0.441. The number of halogens is 2. The molecule has 2 rings (SSSR count). The largest absolute Gasteiger partial charge is 0.507 e. The zero-order valence-electron chi connectivity index (χ0n) is 7.50. The highest BCUT2D eigenvalue weighted by atomic mass is 79.9. The number of aromatic hydroxyl groups is 1. The highest BCUT2D eigenvalue weighted by molar-refractivity contribution is 9.10. The van der Waals surface area contributed by atoms with Crippen LogP contribution in [0, 0.1) is 11.7 Å². The van der Waals surface area contributed by atoms with Gasteiger partial charge in [0.2, 0.25) is 0 Å². The number of hydrogen-bond acceptors (Lipinski definition) is 2. The molecule has 14 heavy (non-hydrogen) atoms. The monoisotopic (exact) mass is 259 g/mol. The van der Waals surface area contributed by atoms with Gasteiger partial charge in [-0.15, -0.1) is 0 Å². The smallest absolute Gasteiger partial charge is 0.132 e. The molecule has 0 saturated heterocycles. The van der Waals surface area contributed by atoms with E-state index < -0.39 is 5.82 Å². The van der Waals surface area contributed by atoms with Crippen LogP contribution >= 0.6 is 15.9 Å². The summed E-state index contributed by atoms with van der Waals surface area (Å²) in [7, 11) is 0. The van der Waals surface area contributed by atoms with E-state index in [1.165, 1.54) is 12.1 Å². The molecule has 0 aliphatic heterocycles. The molecule has 1 aliphatic rings. The Hall–Kier alpha value is -0.610. The van der Waals surface area contributed by atoms with E-state index in [0.29, 0.717) is 10.4 Å². The van der Waals surface area contributed by atoms with Crippen LogP contribution in [0.25, 0.3) is 0 Å². The summed E-state index contributed by atoms with van der Waals surface area (Å²) in [5, 5.41) is 9.57. The summed E-state index contributed by atoms with van der Waals surface area (Å²) in [6, 6.07) is 2.43. The van der Waals surface area contributed by atoms with Gasteiger partial charge >= 0.3 is 0 Å². The van der Waals surface area contributed by atoms with Gasteiger partial charge in [0.15, 0.2) is 0 Å². The Kier molecular flexibility index (Phi) is 2.49. The Bertz CT molecular complexity index is 342. The van der Waals surface area contributed by atoms with Crippen LogP contribution in [-0.2, 0) is 0 Å². The Morgan fingerprint density at radius 1 is 1.50 bits per heavy atom. The fraction of sp³-hybridized carbons (Fsp3) is 0.400. The van der Waals surface area contributed by atoms with Gasteiger partial charge in [0, 0.05) is 16.1 Å². The molecule has 1 aromatic rings. The van der Waals surface area contributed by atoms with Crippen molar-refractivity contribution in [3.63, 3.8) is 0 Å². The quantitative estimate of drug-likeness (QED) is 0.858. The molecule has 0 bridgehead atoms. The van der Waals surface area contributed by atoms with Gasteiger partial charge in [0.1, 0.15) is 11.6 Å². The number of phenolic OH excluding ortho intramolecular Hbond substituents is 1. The minimum Gasteiger partial charge on any atom is -0.507 e. The first-order valence-electron chi connectivity index (χ1n) is 4.53. The van der Waals surface area contributed by atoms with E-state index in [0.717, 1.165) is 12.8 Å². The lowest BCUT2D eigenvalue weighted by atomic mass is 10.0. The zero-order chi connectivity index (χ0) is 10.3. The minimum absolute atomic E-state index is 0.0590. The fourth-order valence-corrected chi connectivity index (χ4v) is 2.01. The number of nitrogens with two attached hydrogens (primary N) is 1. The van der Waals surface area contributed by atoms with Gasteiger partial charge in [0.05, 0.1) is 0 Å². The van der Waals surface area contributed by atoms with Crippen LogP contribution in [0.3, 0.4) is 0 Å². The van der Waals surface area contributed by atoms with Gasteiger partial charge in [-0.2, -0.15) is 0 Å². The standard InChI is InChI=1S/C10H11BrFNO/c11-6-3-7(12)9(8(14)4-6)10(13)5-1-2-5/h3-5,10,14H,1-2,13H2/t10-/m0/s1. The van der Waals surface area contributed by atoms with Crippen LogP contribution in [0.2, 0.25) is 0 Å². The molecule has 1 aliphatic carbocycles. The molecule has 0 amide bonds. The van der Waals surface area contributed by atoms with Crippen molar-refractivity contribution in [2.24, 2.45) is 11.7 Å². The summed E-state index contributed by atoms with van der Waals surface area (Å²) in [6.07, 6.45) is 2.05. The molecule has 3 N–H and O–H groups in total. The molecular weight excluding hydrogens is 249 g/mol. The first-order valence-corrected chi connectivity index (χ1v) is 5.32. The second-order valence-corrected chi connectivity index (χ2v) is 4.60. The summed E-state index contributed by atoms with van der Waals surface area (Å²) in [4.78, 5) is 0. The van der Waals surface area contributed by atoms with Crippen LogP contribution in [0.5, 0.6) is 5.75 Å². The average molecular weight is 260 g/mol. The zero-order valence-corrected chi connectivity index (χ0v) is 9.09. The molecule has 0 heterocycles. The predicted molar refractivity (Wildman–Crippen MR) is 55.4 cm³/mol. The van der Waals surface area contributed by atoms with Crippen LogP contribution in [0.1, 0.15) is 24.4 Å². The van der Waals surface area contributed by atoms with Crippen molar-refractivity contribution >= 4 is 15.9 Å². The van der Waals surface area contributed by atoms with Gasteiger partial charge in [-0.25, -0.2) is 4.39 Å². The molecule has 1 aromatic carbocycles. The summed E-state index contributed by atoms with van der Waals surface area (Å²) in [5.74, 6) is -0.163. The third-order valence-electron chi connectivity index (χ3n) is 2.54. The second kappa shape index (κ2) is 3.51. The summed E-state index contributed by atoms with van der Waals surface area (Å²) in [6.45, 7) is 0. The molecule has 2 nitrogen and oxygen atoms in total. The molecule has 1 saturated carbocycles.